The number of rotatable bonds is 2. The Balaban J connectivity index is 2.55. The molecule has 1 rings (SSSR count). The Hall–Kier alpha value is -1.05. The van der Waals surface area contributed by atoms with E-state index in [4.69, 9.17) is 0 Å². The minimum atomic E-state index is 0.358. The molecule has 54 valence electrons. The quantitative estimate of drug-likeness (QED) is 0.564. The average Bonchev–Trinajstić information content (AvgIpc) is 2.34. The lowest BCUT2D eigenvalue weighted by molar-refractivity contribution is 0.840. The molecule has 1 heterocycles. The van der Waals surface area contributed by atoms with Crippen molar-refractivity contribution in [3.8, 4) is 0 Å². The second-order valence-electron chi connectivity index (χ2n) is 2.43. The van der Waals surface area contributed by atoms with Crippen LogP contribution in [0.4, 0.5) is 0 Å². The van der Waals surface area contributed by atoms with Gasteiger partial charge in [-0.3, -0.25) is 4.99 Å². The number of hydrogen-bond acceptors (Lipinski definition) is 1. The van der Waals surface area contributed by atoms with Gasteiger partial charge in [-0.2, -0.15) is 6.20 Å². The summed E-state index contributed by atoms with van der Waals surface area (Å²) in [6, 6.07) is 4.20. The molecule has 0 amide bonds. The molecule has 1 aromatic heterocycles. The molecule has 2 nitrogen and oxygen atoms in total. The molecule has 0 bridgehead atoms. The molecule has 10 heavy (non-hydrogen) atoms. The Bertz CT molecular complexity index is 197. The van der Waals surface area contributed by atoms with Gasteiger partial charge in [0.25, 0.3) is 0 Å². The Kier molecular flexibility index (Phi) is 2.26. The monoisotopic (exact) mass is 135 g/mol. The second kappa shape index (κ2) is 3.20. The van der Waals surface area contributed by atoms with Crippen molar-refractivity contribution in [1.29, 1.82) is 0 Å². The van der Waals surface area contributed by atoms with Crippen molar-refractivity contribution in [3.05, 3.63) is 24.0 Å². The molecular weight excluding hydrogens is 124 g/mol. The molecule has 0 spiro atoms. The van der Waals surface area contributed by atoms with E-state index in [-0.39, 0.29) is 0 Å². The van der Waals surface area contributed by atoms with Crippen molar-refractivity contribution < 1.29 is 0 Å². The lowest BCUT2D eigenvalue weighted by atomic mass is 10.4. The van der Waals surface area contributed by atoms with Crippen molar-refractivity contribution >= 4 is 6.21 Å². The first kappa shape index (κ1) is 7.06. The molecule has 0 fully saturated rings. The molecule has 0 atom stereocenters. The minimum Gasteiger partial charge on any atom is -0.663 e. The molecule has 1 aromatic rings. The summed E-state index contributed by atoms with van der Waals surface area (Å²) in [6.45, 7) is 4.08. The van der Waals surface area contributed by atoms with E-state index < -0.39 is 0 Å². The van der Waals surface area contributed by atoms with Gasteiger partial charge < -0.3 is 4.98 Å². The molecule has 0 saturated carbocycles. The predicted molar refractivity (Wildman–Crippen MR) is 42.5 cm³/mol. The third-order valence-corrected chi connectivity index (χ3v) is 1.08. The van der Waals surface area contributed by atoms with Crippen LogP contribution in [0.3, 0.4) is 0 Å². The van der Waals surface area contributed by atoms with Gasteiger partial charge in [0.1, 0.15) is 0 Å². The fourth-order valence-electron chi connectivity index (χ4n) is 0.616. The second-order valence-corrected chi connectivity index (χ2v) is 2.43. The topological polar surface area (TPSA) is 26.5 Å². The highest BCUT2D eigenvalue weighted by Gasteiger charge is 1.80. The van der Waals surface area contributed by atoms with E-state index in [9.17, 15) is 0 Å². The van der Waals surface area contributed by atoms with Gasteiger partial charge >= 0.3 is 0 Å². The SMILES string of the molecule is CC(C)N=Cc1ccc[n-]1. The zero-order valence-corrected chi connectivity index (χ0v) is 6.28. The normalized spacial score (nSPS) is 11.5. The van der Waals surface area contributed by atoms with Gasteiger partial charge in [0.15, 0.2) is 0 Å². The Morgan fingerprint density at radius 2 is 2.40 bits per heavy atom. The summed E-state index contributed by atoms with van der Waals surface area (Å²) in [7, 11) is 0. The van der Waals surface area contributed by atoms with Gasteiger partial charge in [0.05, 0.1) is 0 Å². The van der Waals surface area contributed by atoms with Crippen LogP contribution in [0, 0.1) is 0 Å². The highest BCUT2D eigenvalue weighted by Crippen LogP contribution is 1.90. The van der Waals surface area contributed by atoms with E-state index >= 15 is 0 Å². The summed E-state index contributed by atoms with van der Waals surface area (Å²) in [4.78, 5) is 8.22. The van der Waals surface area contributed by atoms with E-state index in [2.05, 4.69) is 9.98 Å². The molecule has 0 aliphatic carbocycles. The van der Waals surface area contributed by atoms with Crippen molar-refractivity contribution in [2.75, 3.05) is 0 Å². The van der Waals surface area contributed by atoms with Crippen LogP contribution in [0.25, 0.3) is 0 Å². The average molecular weight is 135 g/mol. The Morgan fingerprint density at radius 3 is 2.90 bits per heavy atom. The van der Waals surface area contributed by atoms with Crippen LogP contribution in [0.2, 0.25) is 0 Å². The number of hydrogen-bond donors (Lipinski definition) is 0. The standard InChI is InChI=1S/C8H11N2/c1-7(2)10-6-8-4-3-5-9-8/h3-7H,1-2H3/q-1. The smallest absolute Gasteiger partial charge is 0.0442 e. The zero-order chi connectivity index (χ0) is 7.40. The van der Waals surface area contributed by atoms with Crippen LogP contribution < -0.4 is 4.98 Å². The number of nitrogens with zero attached hydrogens (tertiary/aromatic N) is 2. The predicted octanol–water partition coefficient (Wildman–Crippen LogP) is 1.47. The summed E-state index contributed by atoms with van der Waals surface area (Å²) in [5.74, 6) is 0. The van der Waals surface area contributed by atoms with Gasteiger partial charge in [-0.05, 0) is 13.8 Å². The van der Waals surface area contributed by atoms with Crippen LogP contribution in [0.15, 0.2) is 23.3 Å². The van der Waals surface area contributed by atoms with Crippen LogP contribution in [-0.2, 0) is 0 Å². The molecular formula is C8H11N2-. The minimum absolute atomic E-state index is 0.358. The number of aromatic nitrogens is 1. The summed E-state index contributed by atoms with van der Waals surface area (Å²) in [5, 5.41) is 0. The number of aliphatic imine (C=N–C) groups is 1. The van der Waals surface area contributed by atoms with Gasteiger partial charge in [-0.1, -0.05) is 12.1 Å². The third kappa shape index (κ3) is 2.05. The summed E-state index contributed by atoms with van der Waals surface area (Å²) in [6.07, 6.45) is 3.56. The highest BCUT2D eigenvalue weighted by atomic mass is 14.8. The molecule has 0 radical (unpaired) electrons. The van der Waals surface area contributed by atoms with E-state index in [0.717, 1.165) is 5.69 Å². The van der Waals surface area contributed by atoms with E-state index in [1.807, 2.05) is 26.0 Å². The maximum absolute atomic E-state index is 4.18. The van der Waals surface area contributed by atoms with Gasteiger partial charge in [0.2, 0.25) is 0 Å². The molecule has 2 heteroatoms. The lowest BCUT2D eigenvalue weighted by Crippen LogP contribution is -1.90. The molecule has 0 saturated heterocycles. The fraction of sp³-hybridized carbons (Fsp3) is 0.375. The van der Waals surface area contributed by atoms with Crippen LogP contribution in [-0.4, -0.2) is 12.3 Å². The summed E-state index contributed by atoms with van der Waals surface area (Å²) in [5.41, 5.74) is 0.939. The van der Waals surface area contributed by atoms with Crippen molar-refractivity contribution in [2.45, 2.75) is 19.9 Å². The largest absolute Gasteiger partial charge is 0.663 e. The first-order chi connectivity index (χ1) is 4.79. The van der Waals surface area contributed by atoms with Crippen molar-refractivity contribution in [3.63, 3.8) is 0 Å². The zero-order valence-electron chi connectivity index (χ0n) is 6.28. The first-order valence-corrected chi connectivity index (χ1v) is 3.40. The summed E-state index contributed by atoms with van der Waals surface area (Å²) < 4.78 is 0. The maximum Gasteiger partial charge on any atom is 0.0442 e. The van der Waals surface area contributed by atoms with E-state index in [1.54, 1.807) is 12.4 Å². The first-order valence-electron chi connectivity index (χ1n) is 3.40. The fourth-order valence-corrected chi connectivity index (χ4v) is 0.616. The third-order valence-electron chi connectivity index (χ3n) is 1.08. The Morgan fingerprint density at radius 1 is 1.60 bits per heavy atom. The van der Waals surface area contributed by atoms with Crippen molar-refractivity contribution in [1.82, 2.24) is 4.98 Å². The molecule has 0 aliphatic rings. The Labute approximate surface area is 61.0 Å². The van der Waals surface area contributed by atoms with Crippen LogP contribution in [0.5, 0.6) is 0 Å². The molecule has 0 N–H and O–H groups in total. The van der Waals surface area contributed by atoms with E-state index in [1.165, 1.54) is 0 Å². The molecule has 0 unspecified atom stereocenters. The van der Waals surface area contributed by atoms with Gasteiger partial charge in [0, 0.05) is 12.3 Å². The van der Waals surface area contributed by atoms with Crippen molar-refractivity contribution in [2.24, 2.45) is 4.99 Å². The van der Waals surface area contributed by atoms with Crippen LogP contribution in [0.1, 0.15) is 19.5 Å². The maximum atomic E-state index is 4.18. The van der Waals surface area contributed by atoms with Crippen LogP contribution >= 0.6 is 0 Å². The highest BCUT2D eigenvalue weighted by molar-refractivity contribution is 5.76. The van der Waals surface area contributed by atoms with E-state index in [0.29, 0.717) is 6.04 Å². The van der Waals surface area contributed by atoms with Gasteiger partial charge in [-0.25, -0.2) is 0 Å². The summed E-state index contributed by atoms with van der Waals surface area (Å²) >= 11 is 0. The lowest BCUT2D eigenvalue weighted by Gasteiger charge is -1.98. The molecule has 0 aliphatic heterocycles. The van der Waals surface area contributed by atoms with Gasteiger partial charge in [-0.15, -0.1) is 5.69 Å². The molecule has 0 aromatic carbocycles.